The fourth-order valence-corrected chi connectivity index (χ4v) is 4.85. The molecule has 2 aromatic carbocycles. The normalized spacial score (nSPS) is 12.2. The van der Waals surface area contributed by atoms with Crippen molar-refractivity contribution in [1.29, 1.82) is 0 Å². The molecule has 0 aliphatic carbocycles. The van der Waals surface area contributed by atoms with Crippen LogP contribution in [0.25, 0.3) is 5.69 Å². The highest BCUT2D eigenvalue weighted by Crippen LogP contribution is 2.29. The van der Waals surface area contributed by atoms with Crippen LogP contribution in [-0.2, 0) is 11.2 Å². The predicted molar refractivity (Wildman–Crippen MR) is 134 cm³/mol. The Kier molecular flexibility index (Phi) is 8.55. The number of carbonyl (C=O) groups excluding carboxylic acids is 1. The molecule has 0 saturated carbocycles. The molecule has 176 valence electrons. The summed E-state index contributed by atoms with van der Waals surface area (Å²) in [6, 6.07) is 18.4. The van der Waals surface area contributed by atoms with Crippen LogP contribution in [0.1, 0.15) is 52.9 Å². The Bertz CT molecular complexity index is 1020. The molecular formula is C26H34N4O2S. The number of benzene rings is 2. The fourth-order valence-electron chi connectivity index (χ4n) is 3.91. The maximum absolute atomic E-state index is 13.2. The monoisotopic (exact) mass is 466 g/mol. The van der Waals surface area contributed by atoms with E-state index >= 15 is 0 Å². The number of amides is 1. The molecule has 1 aromatic heterocycles. The van der Waals surface area contributed by atoms with E-state index in [4.69, 9.17) is 4.74 Å². The van der Waals surface area contributed by atoms with Crippen molar-refractivity contribution in [1.82, 2.24) is 19.7 Å². The van der Waals surface area contributed by atoms with Crippen LogP contribution >= 0.6 is 11.8 Å². The van der Waals surface area contributed by atoms with Crippen molar-refractivity contribution in [3.8, 4) is 11.4 Å². The summed E-state index contributed by atoms with van der Waals surface area (Å²) in [4.78, 5) is 15.2. The second kappa shape index (κ2) is 11.4. The molecule has 0 fully saturated rings. The second-order valence-electron chi connectivity index (χ2n) is 8.52. The van der Waals surface area contributed by atoms with Crippen LogP contribution in [0.15, 0.2) is 59.8 Å². The minimum atomic E-state index is -0.287. The Hall–Kier alpha value is -2.80. The molecule has 1 atom stereocenters. The Labute approximate surface area is 201 Å². The summed E-state index contributed by atoms with van der Waals surface area (Å²) >= 11 is 1.45. The van der Waals surface area contributed by atoms with E-state index in [2.05, 4.69) is 50.0 Å². The zero-order valence-corrected chi connectivity index (χ0v) is 21.2. The van der Waals surface area contributed by atoms with Gasteiger partial charge in [0, 0.05) is 24.2 Å². The smallest absolute Gasteiger partial charge is 0.236 e. The zero-order chi connectivity index (χ0) is 24.0. The molecule has 0 radical (unpaired) electrons. The minimum Gasteiger partial charge on any atom is -0.494 e. The maximum Gasteiger partial charge on any atom is 0.236 e. The maximum atomic E-state index is 13.2. The van der Waals surface area contributed by atoms with Gasteiger partial charge < -0.3 is 9.64 Å². The zero-order valence-electron chi connectivity index (χ0n) is 20.4. The second-order valence-corrected chi connectivity index (χ2v) is 9.82. The Morgan fingerprint density at radius 1 is 0.970 bits per heavy atom. The molecule has 0 saturated heterocycles. The standard InChI is InChI=1S/C26H34N4O2S/c1-7-32-23-15-13-22(14-16-23)30-24(17-21-11-9-8-10-12-21)27-28-26(30)33-20(6)25(31)29(18(2)3)19(4)5/h8-16,18-20H,7,17H2,1-6H3. The molecule has 1 amide bonds. The van der Waals surface area contributed by atoms with E-state index < -0.39 is 0 Å². The highest BCUT2D eigenvalue weighted by Gasteiger charge is 2.28. The van der Waals surface area contributed by atoms with E-state index in [1.807, 2.05) is 65.8 Å². The quantitative estimate of drug-likeness (QED) is 0.375. The lowest BCUT2D eigenvalue weighted by molar-refractivity contribution is -0.133. The van der Waals surface area contributed by atoms with Gasteiger partial charge >= 0.3 is 0 Å². The summed E-state index contributed by atoms with van der Waals surface area (Å²) in [5.74, 6) is 1.76. The summed E-state index contributed by atoms with van der Waals surface area (Å²) < 4.78 is 7.65. The number of thioether (sulfide) groups is 1. The number of hydrogen-bond acceptors (Lipinski definition) is 5. The molecule has 0 aliphatic rings. The Morgan fingerprint density at radius 3 is 2.18 bits per heavy atom. The van der Waals surface area contributed by atoms with Crippen LogP contribution in [0.3, 0.4) is 0 Å². The van der Waals surface area contributed by atoms with Gasteiger partial charge in [-0.05, 0) is 71.4 Å². The van der Waals surface area contributed by atoms with Crippen molar-refractivity contribution < 1.29 is 9.53 Å². The predicted octanol–water partition coefficient (Wildman–Crippen LogP) is 5.38. The summed E-state index contributed by atoms with van der Waals surface area (Å²) in [5, 5.41) is 9.42. The van der Waals surface area contributed by atoms with Gasteiger partial charge in [-0.15, -0.1) is 10.2 Å². The van der Waals surface area contributed by atoms with E-state index in [-0.39, 0.29) is 23.2 Å². The third-order valence-electron chi connectivity index (χ3n) is 5.31. The van der Waals surface area contributed by atoms with Gasteiger partial charge in [-0.25, -0.2) is 0 Å². The fraction of sp³-hybridized carbons (Fsp3) is 0.423. The number of aromatic nitrogens is 3. The molecule has 0 spiro atoms. The number of nitrogens with zero attached hydrogens (tertiary/aromatic N) is 4. The first-order valence-corrected chi connectivity index (χ1v) is 12.4. The van der Waals surface area contributed by atoms with Gasteiger partial charge in [-0.2, -0.15) is 0 Å². The van der Waals surface area contributed by atoms with Crippen LogP contribution in [0.4, 0.5) is 0 Å². The van der Waals surface area contributed by atoms with Crippen molar-refractivity contribution in [2.75, 3.05) is 6.61 Å². The number of rotatable bonds is 10. The molecule has 6 nitrogen and oxygen atoms in total. The van der Waals surface area contributed by atoms with Gasteiger partial charge in [0.05, 0.1) is 11.9 Å². The first-order valence-electron chi connectivity index (χ1n) is 11.5. The third kappa shape index (κ3) is 6.16. The molecular weight excluding hydrogens is 432 g/mol. The lowest BCUT2D eigenvalue weighted by atomic mass is 10.1. The van der Waals surface area contributed by atoms with E-state index in [1.54, 1.807) is 0 Å². The summed E-state index contributed by atoms with van der Waals surface area (Å²) in [7, 11) is 0. The highest BCUT2D eigenvalue weighted by molar-refractivity contribution is 8.00. The van der Waals surface area contributed by atoms with Gasteiger partial charge in [0.2, 0.25) is 5.91 Å². The number of ether oxygens (including phenoxy) is 1. The molecule has 33 heavy (non-hydrogen) atoms. The highest BCUT2D eigenvalue weighted by atomic mass is 32.2. The largest absolute Gasteiger partial charge is 0.494 e. The van der Waals surface area contributed by atoms with E-state index in [0.717, 1.165) is 22.8 Å². The topological polar surface area (TPSA) is 60.2 Å². The summed E-state index contributed by atoms with van der Waals surface area (Å²) in [6.45, 7) is 12.7. The van der Waals surface area contributed by atoms with Crippen LogP contribution in [0, 0.1) is 0 Å². The number of hydrogen-bond donors (Lipinski definition) is 0. The molecule has 3 rings (SSSR count). The van der Waals surface area contributed by atoms with E-state index in [1.165, 1.54) is 11.8 Å². The van der Waals surface area contributed by atoms with Crippen LogP contribution in [-0.4, -0.2) is 49.5 Å². The lowest BCUT2D eigenvalue weighted by Crippen LogP contribution is -2.45. The summed E-state index contributed by atoms with van der Waals surface area (Å²) in [6.07, 6.45) is 0.647. The molecule has 1 unspecified atom stereocenters. The van der Waals surface area contributed by atoms with Gasteiger partial charge in [0.1, 0.15) is 11.6 Å². The van der Waals surface area contributed by atoms with Crippen molar-refractivity contribution in [2.45, 2.75) is 70.5 Å². The van der Waals surface area contributed by atoms with Gasteiger partial charge in [-0.3, -0.25) is 9.36 Å². The van der Waals surface area contributed by atoms with Crippen LogP contribution in [0.5, 0.6) is 5.75 Å². The average molecular weight is 467 g/mol. The Balaban J connectivity index is 1.94. The molecule has 7 heteroatoms. The van der Waals surface area contributed by atoms with Crippen LogP contribution in [0.2, 0.25) is 0 Å². The van der Waals surface area contributed by atoms with E-state index in [9.17, 15) is 4.79 Å². The molecule has 0 aliphatic heterocycles. The van der Waals surface area contributed by atoms with Crippen molar-refractivity contribution >= 4 is 17.7 Å². The van der Waals surface area contributed by atoms with E-state index in [0.29, 0.717) is 18.2 Å². The molecule has 1 heterocycles. The SMILES string of the molecule is CCOc1ccc(-n2c(Cc3ccccc3)nnc2SC(C)C(=O)N(C(C)C)C(C)C)cc1. The minimum absolute atomic E-state index is 0.107. The summed E-state index contributed by atoms with van der Waals surface area (Å²) in [5.41, 5.74) is 2.10. The first-order chi connectivity index (χ1) is 15.8. The molecule has 0 N–H and O–H groups in total. The van der Waals surface area contributed by atoms with Crippen LogP contribution < -0.4 is 4.74 Å². The van der Waals surface area contributed by atoms with Gasteiger partial charge in [0.15, 0.2) is 5.16 Å². The first kappa shape index (κ1) is 24.8. The van der Waals surface area contributed by atoms with Crippen molar-refractivity contribution in [2.24, 2.45) is 0 Å². The average Bonchev–Trinajstić information content (AvgIpc) is 3.16. The van der Waals surface area contributed by atoms with Gasteiger partial charge in [0.25, 0.3) is 0 Å². The third-order valence-corrected chi connectivity index (χ3v) is 6.34. The van der Waals surface area contributed by atoms with Gasteiger partial charge in [-0.1, -0.05) is 42.1 Å². The van der Waals surface area contributed by atoms with Crippen molar-refractivity contribution in [3.63, 3.8) is 0 Å². The Morgan fingerprint density at radius 2 is 1.61 bits per heavy atom. The van der Waals surface area contributed by atoms with Crippen molar-refractivity contribution in [3.05, 3.63) is 66.0 Å². The molecule has 3 aromatic rings. The lowest BCUT2D eigenvalue weighted by Gasteiger charge is -2.32. The molecule has 0 bridgehead atoms. The number of carbonyl (C=O) groups is 1.